The maximum absolute atomic E-state index is 2.32. The van der Waals surface area contributed by atoms with E-state index in [9.17, 15) is 0 Å². The Balaban J connectivity index is 0.000000640. The van der Waals surface area contributed by atoms with E-state index in [0.29, 0.717) is 0 Å². The Bertz CT molecular complexity index is 165. The zero-order valence-corrected chi connectivity index (χ0v) is 10.5. The second-order valence-electron chi connectivity index (χ2n) is 1.75. The largest absolute Gasteiger partial charge is 0.0619 e. The van der Waals surface area contributed by atoms with E-state index in [1.807, 2.05) is 0 Å². The van der Waals surface area contributed by atoms with E-state index in [4.69, 9.17) is 0 Å². The van der Waals surface area contributed by atoms with Crippen molar-refractivity contribution in [1.82, 2.24) is 0 Å². The number of hydrogen-bond acceptors (Lipinski definition) is 0. The van der Waals surface area contributed by atoms with Gasteiger partial charge in [0.05, 0.1) is 0 Å². The summed E-state index contributed by atoms with van der Waals surface area (Å²) >= 11 is 2.32. The monoisotopic (exact) mass is 282 g/mol. The van der Waals surface area contributed by atoms with Crippen LogP contribution in [0.15, 0.2) is 24.3 Å². The Kier molecular flexibility index (Phi) is 4.68. The fourth-order valence-corrected chi connectivity index (χ4v) is 0.938. The first kappa shape index (κ1) is 9.57. The Morgan fingerprint density at radius 3 is 2.11 bits per heavy atom. The summed E-state index contributed by atoms with van der Waals surface area (Å²) in [6, 6.07) is 8.32. The maximum atomic E-state index is 2.32. The van der Waals surface area contributed by atoms with E-state index in [1.165, 1.54) is 9.13 Å². The quantitative estimate of drug-likeness (QED) is 0.507. The molecule has 0 aromatic heterocycles. The van der Waals surface area contributed by atoms with Gasteiger partial charge in [0.1, 0.15) is 0 Å². The molecule has 0 spiro atoms. The number of benzene rings is 1. The van der Waals surface area contributed by atoms with Crippen molar-refractivity contribution in [1.29, 1.82) is 0 Å². The van der Waals surface area contributed by atoms with Crippen molar-refractivity contribution in [3.63, 3.8) is 0 Å². The standard InChI is InChI=1S/C7H7I.Zn/c1-6-4-2-3-5-7(6)8;/h2-5H,1H3;. The molecule has 1 aromatic carbocycles. The van der Waals surface area contributed by atoms with Crippen molar-refractivity contribution in [2.75, 3.05) is 0 Å². The summed E-state index contributed by atoms with van der Waals surface area (Å²) in [4.78, 5) is 0. The SMILES string of the molecule is Cc1ccccc1I.[Zn]. The van der Waals surface area contributed by atoms with Crippen LogP contribution in [0.3, 0.4) is 0 Å². The van der Waals surface area contributed by atoms with Crippen LogP contribution < -0.4 is 0 Å². The van der Waals surface area contributed by atoms with Crippen molar-refractivity contribution >= 4 is 22.6 Å². The molecule has 2 heteroatoms. The fourth-order valence-electron chi connectivity index (χ4n) is 0.551. The molecule has 0 aliphatic heterocycles. The minimum absolute atomic E-state index is 0. The van der Waals surface area contributed by atoms with E-state index in [2.05, 4.69) is 53.8 Å². The van der Waals surface area contributed by atoms with Gasteiger partial charge in [-0.15, -0.1) is 0 Å². The molecule has 0 nitrogen and oxygen atoms in total. The molecule has 0 saturated carbocycles. The summed E-state index contributed by atoms with van der Waals surface area (Å²) in [7, 11) is 0. The van der Waals surface area contributed by atoms with Crippen LogP contribution in [0.5, 0.6) is 0 Å². The topological polar surface area (TPSA) is 0 Å². The van der Waals surface area contributed by atoms with Crippen LogP contribution in [0.1, 0.15) is 5.56 Å². The summed E-state index contributed by atoms with van der Waals surface area (Å²) in [5, 5.41) is 0. The Hall–Kier alpha value is 0.573. The minimum Gasteiger partial charge on any atom is -0.0619 e. The van der Waals surface area contributed by atoms with E-state index in [1.54, 1.807) is 0 Å². The molecule has 0 fully saturated rings. The molecular weight excluding hydrogens is 276 g/mol. The molecule has 0 amide bonds. The molecule has 0 aliphatic rings. The number of halogens is 1. The Morgan fingerprint density at radius 2 is 1.78 bits per heavy atom. The van der Waals surface area contributed by atoms with Gasteiger partial charge in [-0.25, -0.2) is 0 Å². The molecule has 0 unspecified atom stereocenters. The van der Waals surface area contributed by atoms with Crippen LogP contribution in [0.4, 0.5) is 0 Å². The molecule has 0 radical (unpaired) electrons. The minimum atomic E-state index is 0. The molecule has 0 aliphatic carbocycles. The molecule has 44 valence electrons. The zero-order chi connectivity index (χ0) is 5.98. The van der Waals surface area contributed by atoms with Crippen molar-refractivity contribution in [2.45, 2.75) is 6.92 Å². The third-order valence-electron chi connectivity index (χ3n) is 1.08. The van der Waals surface area contributed by atoms with Gasteiger partial charge in [-0.1, -0.05) is 18.2 Å². The van der Waals surface area contributed by atoms with Gasteiger partial charge in [0.25, 0.3) is 0 Å². The van der Waals surface area contributed by atoms with E-state index < -0.39 is 0 Å². The number of rotatable bonds is 0. The first-order chi connectivity index (χ1) is 3.80. The molecule has 0 atom stereocenters. The average Bonchev–Trinajstić information content (AvgIpc) is 1.77. The van der Waals surface area contributed by atoms with Crippen LogP contribution >= 0.6 is 22.6 Å². The summed E-state index contributed by atoms with van der Waals surface area (Å²) in [5.41, 5.74) is 1.35. The van der Waals surface area contributed by atoms with Crippen LogP contribution in [-0.4, -0.2) is 0 Å². The summed E-state index contributed by atoms with van der Waals surface area (Å²) in [5.74, 6) is 0. The summed E-state index contributed by atoms with van der Waals surface area (Å²) < 4.78 is 1.34. The van der Waals surface area contributed by atoms with Gasteiger partial charge in [-0.2, -0.15) is 0 Å². The van der Waals surface area contributed by atoms with Crippen molar-refractivity contribution in [2.24, 2.45) is 0 Å². The molecule has 0 N–H and O–H groups in total. The normalized spacial score (nSPS) is 8.22. The maximum Gasteiger partial charge on any atom is 0.0159 e. The molecule has 0 bridgehead atoms. The predicted molar refractivity (Wildman–Crippen MR) is 43.9 cm³/mol. The van der Waals surface area contributed by atoms with Crippen molar-refractivity contribution < 1.29 is 19.5 Å². The van der Waals surface area contributed by atoms with Gasteiger partial charge in [-0.05, 0) is 41.1 Å². The van der Waals surface area contributed by atoms with E-state index in [0.717, 1.165) is 0 Å². The van der Waals surface area contributed by atoms with Crippen LogP contribution in [0.25, 0.3) is 0 Å². The van der Waals surface area contributed by atoms with Gasteiger partial charge in [0, 0.05) is 23.0 Å². The van der Waals surface area contributed by atoms with Gasteiger partial charge in [0.2, 0.25) is 0 Å². The fraction of sp³-hybridized carbons (Fsp3) is 0.143. The van der Waals surface area contributed by atoms with Crippen LogP contribution in [-0.2, 0) is 19.5 Å². The van der Waals surface area contributed by atoms with Gasteiger partial charge in [-0.3, -0.25) is 0 Å². The third kappa shape index (κ3) is 2.77. The molecule has 1 aromatic rings. The molecule has 1 rings (SSSR count). The predicted octanol–water partition coefficient (Wildman–Crippen LogP) is 2.60. The van der Waals surface area contributed by atoms with E-state index >= 15 is 0 Å². The molecule has 9 heavy (non-hydrogen) atoms. The van der Waals surface area contributed by atoms with Crippen molar-refractivity contribution in [3.8, 4) is 0 Å². The number of hydrogen-bond donors (Lipinski definition) is 0. The van der Waals surface area contributed by atoms with E-state index in [-0.39, 0.29) is 19.5 Å². The molecular formula is C7H7IZn. The average molecular weight is 283 g/mol. The number of aryl methyl sites for hydroxylation is 1. The first-order valence-corrected chi connectivity index (χ1v) is 3.60. The smallest absolute Gasteiger partial charge is 0.0159 e. The first-order valence-electron chi connectivity index (χ1n) is 2.52. The third-order valence-corrected chi connectivity index (χ3v) is 2.29. The second-order valence-corrected chi connectivity index (χ2v) is 2.91. The van der Waals surface area contributed by atoms with Gasteiger partial charge in [0.15, 0.2) is 0 Å². The van der Waals surface area contributed by atoms with Crippen LogP contribution in [0.2, 0.25) is 0 Å². The van der Waals surface area contributed by atoms with Crippen molar-refractivity contribution in [3.05, 3.63) is 33.4 Å². The Labute approximate surface area is 81.9 Å². The zero-order valence-electron chi connectivity index (χ0n) is 5.39. The second kappa shape index (κ2) is 4.40. The molecule has 0 heterocycles. The van der Waals surface area contributed by atoms with Crippen LogP contribution in [0, 0.1) is 10.5 Å². The molecule has 0 saturated heterocycles. The Morgan fingerprint density at radius 1 is 1.22 bits per heavy atom. The summed E-state index contributed by atoms with van der Waals surface area (Å²) in [6.07, 6.45) is 0. The van der Waals surface area contributed by atoms with Gasteiger partial charge < -0.3 is 0 Å². The summed E-state index contributed by atoms with van der Waals surface area (Å²) in [6.45, 7) is 2.11. The van der Waals surface area contributed by atoms with Gasteiger partial charge >= 0.3 is 0 Å².